The molecule has 0 aliphatic heterocycles. The predicted octanol–water partition coefficient (Wildman–Crippen LogP) is 3.10. The lowest BCUT2D eigenvalue weighted by Crippen LogP contribution is -2.47. The Kier molecular flexibility index (Phi) is 5.51. The minimum atomic E-state index is -0.460. The SMILES string of the molecule is CC(Cc1ccco1)NCC(NC(=O)OC(C)(C)C)C1CC1. The highest BCUT2D eigenvalue weighted by atomic mass is 16.6. The Balaban J connectivity index is 1.75. The van der Waals surface area contributed by atoms with Gasteiger partial charge in [-0.1, -0.05) is 0 Å². The Morgan fingerprint density at radius 2 is 2.18 bits per heavy atom. The largest absolute Gasteiger partial charge is 0.469 e. The lowest BCUT2D eigenvalue weighted by Gasteiger charge is -2.25. The molecule has 5 nitrogen and oxygen atoms in total. The zero-order valence-corrected chi connectivity index (χ0v) is 14.0. The van der Waals surface area contributed by atoms with E-state index in [1.54, 1.807) is 6.26 Å². The van der Waals surface area contributed by atoms with Crippen LogP contribution in [-0.4, -0.2) is 30.3 Å². The van der Waals surface area contributed by atoms with E-state index in [0.29, 0.717) is 12.0 Å². The van der Waals surface area contributed by atoms with Gasteiger partial charge in [-0.2, -0.15) is 0 Å². The van der Waals surface area contributed by atoms with Gasteiger partial charge >= 0.3 is 6.09 Å². The zero-order chi connectivity index (χ0) is 16.2. The first-order valence-corrected chi connectivity index (χ1v) is 8.09. The van der Waals surface area contributed by atoms with E-state index in [4.69, 9.17) is 9.15 Å². The fraction of sp³-hybridized carbons (Fsp3) is 0.706. The van der Waals surface area contributed by atoms with E-state index < -0.39 is 5.60 Å². The summed E-state index contributed by atoms with van der Waals surface area (Å²) in [5.74, 6) is 1.54. The van der Waals surface area contributed by atoms with Crippen molar-refractivity contribution >= 4 is 6.09 Å². The van der Waals surface area contributed by atoms with Gasteiger partial charge in [-0.15, -0.1) is 0 Å². The Hall–Kier alpha value is -1.49. The van der Waals surface area contributed by atoms with Gasteiger partial charge in [0.2, 0.25) is 0 Å². The number of rotatable bonds is 7. The monoisotopic (exact) mass is 308 g/mol. The van der Waals surface area contributed by atoms with Gasteiger partial charge in [-0.25, -0.2) is 4.79 Å². The third-order valence-corrected chi connectivity index (χ3v) is 3.67. The fourth-order valence-corrected chi connectivity index (χ4v) is 2.42. The molecule has 22 heavy (non-hydrogen) atoms. The van der Waals surface area contributed by atoms with Crippen LogP contribution in [0, 0.1) is 5.92 Å². The molecule has 1 aliphatic rings. The molecule has 0 bridgehead atoms. The molecular weight excluding hydrogens is 280 g/mol. The molecule has 1 aromatic rings. The third-order valence-electron chi connectivity index (χ3n) is 3.67. The van der Waals surface area contributed by atoms with Crippen LogP contribution in [0.15, 0.2) is 22.8 Å². The second-order valence-corrected chi connectivity index (χ2v) is 7.18. The molecule has 1 saturated carbocycles. The van der Waals surface area contributed by atoms with E-state index in [9.17, 15) is 4.79 Å². The van der Waals surface area contributed by atoms with Crippen molar-refractivity contribution in [1.29, 1.82) is 0 Å². The minimum Gasteiger partial charge on any atom is -0.469 e. The van der Waals surface area contributed by atoms with Gasteiger partial charge in [0, 0.05) is 25.0 Å². The van der Waals surface area contributed by atoms with Crippen LogP contribution >= 0.6 is 0 Å². The van der Waals surface area contributed by atoms with Crippen molar-refractivity contribution in [2.75, 3.05) is 6.54 Å². The van der Waals surface area contributed by atoms with Crippen molar-refractivity contribution in [3.8, 4) is 0 Å². The van der Waals surface area contributed by atoms with E-state index >= 15 is 0 Å². The highest BCUT2D eigenvalue weighted by Crippen LogP contribution is 2.32. The summed E-state index contributed by atoms with van der Waals surface area (Å²) >= 11 is 0. The molecule has 2 rings (SSSR count). The van der Waals surface area contributed by atoms with Crippen LogP contribution in [-0.2, 0) is 11.2 Å². The molecule has 5 heteroatoms. The molecule has 0 radical (unpaired) electrons. The van der Waals surface area contributed by atoms with E-state index in [1.165, 1.54) is 12.8 Å². The van der Waals surface area contributed by atoms with E-state index in [-0.39, 0.29) is 12.1 Å². The first kappa shape index (κ1) is 16.9. The first-order valence-electron chi connectivity index (χ1n) is 8.09. The van der Waals surface area contributed by atoms with Gasteiger partial charge in [0.15, 0.2) is 0 Å². The maximum atomic E-state index is 11.9. The first-order chi connectivity index (χ1) is 10.3. The molecule has 1 aromatic heterocycles. The minimum absolute atomic E-state index is 0.133. The Morgan fingerprint density at radius 1 is 1.45 bits per heavy atom. The smallest absolute Gasteiger partial charge is 0.407 e. The standard InChI is InChI=1S/C17H28N2O3/c1-12(10-14-6-5-9-21-14)18-11-15(13-7-8-13)19-16(20)22-17(2,3)4/h5-6,9,12-13,15,18H,7-8,10-11H2,1-4H3,(H,19,20). The number of carbonyl (C=O) groups is 1. The van der Waals surface area contributed by atoms with E-state index in [0.717, 1.165) is 18.7 Å². The Labute approximate surface area is 132 Å². The highest BCUT2D eigenvalue weighted by Gasteiger charge is 2.33. The van der Waals surface area contributed by atoms with Gasteiger partial charge in [-0.05, 0) is 58.6 Å². The molecule has 0 spiro atoms. The second-order valence-electron chi connectivity index (χ2n) is 7.18. The van der Waals surface area contributed by atoms with Gasteiger partial charge < -0.3 is 19.8 Å². The normalized spacial score (nSPS) is 17.8. The number of amides is 1. The fourth-order valence-electron chi connectivity index (χ4n) is 2.42. The molecule has 1 heterocycles. The third kappa shape index (κ3) is 6.10. The Morgan fingerprint density at radius 3 is 2.73 bits per heavy atom. The molecule has 1 fully saturated rings. The average Bonchev–Trinajstić information content (AvgIpc) is 3.11. The molecule has 1 amide bonds. The molecular formula is C17H28N2O3. The number of furan rings is 1. The summed E-state index contributed by atoms with van der Waals surface area (Å²) in [7, 11) is 0. The second kappa shape index (κ2) is 7.18. The van der Waals surface area contributed by atoms with Crippen molar-refractivity contribution in [3.63, 3.8) is 0 Å². The number of hydrogen-bond acceptors (Lipinski definition) is 4. The number of alkyl carbamates (subject to hydrolysis) is 1. The lowest BCUT2D eigenvalue weighted by atomic mass is 10.1. The molecule has 1 aliphatic carbocycles. The summed E-state index contributed by atoms with van der Waals surface area (Å²) in [6, 6.07) is 4.32. The topological polar surface area (TPSA) is 63.5 Å². The molecule has 2 atom stereocenters. The van der Waals surface area contributed by atoms with Crippen LogP contribution in [0.3, 0.4) is 0 Å². The van der Waals surface area contributed by atoms with Gasteiger partial charge in [0.1, 0.15) is 11.4 Å². The number of hydrogen-bond donors (Lipinski definition) is 2. The molecule has 2 N–H and O–H groups in total. The van der Waals surface area contributed by atoms with Crippen molar-refractivity contribution in [2.24, 2.45) is 5.92 Å². The highest BCUT2D eigenvalue weighted by molar-refractivity contribution is 5.68. The molecule has 2 unspecified atom stereocenters. The van der Waals surface area contributed by atoms with Crippen LogP contribution in [0.1, 0.15) is 46.3 Å². The van der Waals surface area contributed by atoms with E-state index in [2.05, 4.69) is 17.6 Å². The van der Waals surface area contributed by atoms with Crippen LogP contribution < -0.4 is 10.6 Å². The van der Waals surface area contributed by atoms with Crippen molar-refractivity contribution in [3.05, 3.63) is 24.2 Å². The van der Waals surface area contributed by atoms with Crippen LogP contribution in [0.5, 0.6) is 0 Å². The number of nitrogens with one attached hydrogen (secondary N) is 2. The maximum absolute atomic E-state index is 11.9. The van der Waals surface area contributed by atoms with Crippen LogP contribution in [0.4, 0.5) is 4.79 Å². The van der Waals surface area contributed by atoms with Crippen molar-refractivity contribution in [2.45, 2.75) is 64.6 Å². The summed E-state index contributed by atoms with van der Waals surface area (Å²) < 4.78 is 10.7. The maximum Gasteiger partial charge on any atom is 0.407 e. The van der Waals surface area contributed by atoms with Gasteiger partial charge in [0.05, 0.1) is 6.26 Å². The quantitative estimate of drug-likeness (QED) is 0.812. The van der Waals surface area contributed by atoms with Crippen molar-refractivity contribution < 1.29 is 13.9 Å². The summed E-state index contributed by atoms with van der Waals surface area (Å²) in [6.45, 7) is 8.51. The predicted molar refractivity (Wildman–Crippen MR) is 85.8 cm³/mol. The van der Waals surface area contributed by atoms with Gasteiger partial charge in [-0.3, -0.25) is 0 Å². The summed E-state index contributed by atoms with van der Waals surface area (Å²) in [5, 5.41) is 6.48. The lowest BCUT2D eigenvalue weighted by molar-refractivity contribution is 0.0496. The Bertz CT molecular complexity index is 461. The van der Waals surface area contributed by atoms with Crippen molar-refractivity contribution in [1.82, 2.24) is 10.6 Å². The summed E-state index contributed by atoms with van der Waals surface area (Å²) in [5.41, 5.74) is -0.460. The molecule has 124 valence electrons. The molecule has 0 aromatic carbocycles. The van der Waals surface area contributed by atoms with E-state index in [1.807, 2.05) is 32.9 Å². The number of ether oxygens (including phenoxy) is 1. The summed E-state index contributed by atoms with van der Waals surface area (Å²) in [6.07, 6.45) is 4.56. The molecule has 0 saturated heterocycles. The summed E-state index contributed by atoms with van der Waals surface area (Å²) in [4.78, 5) is 11.9. The van der Waals surface area contributed by atoms with Crippen LogP contribution in [0.25, 0.3) is 0 Å². The van der Waals surface area contributed by atoms with Gasteiger partial charge in [0.25, 0.3) is 0 Å². The average molecular weight is 308 g/mol. The zero-order valence-electron chi connectivity index (χ0n) is 14.0. The number of carbonyl (C=O) groups excluding carboxylic acids is 1. The van der Waals surface area contributed by atoms with Crippen LogP contribution in [0.2, 0.25) is 0 Å².